The van der Waals surface area contributed by atoms with Crippen LogP contribution < -0.4 is 0 Å². The summed E-state index contributed by atoms with van der Waals surface area (Å²) < 4.78 is 11.1. The summed E-state index contributed by atoms with van der Waals surface area (Å²) in [6, 6.07) is 0. The zero-order chi connectivity index (χ0) is 9.80. The first kappa shape index (κ1) is 10.4. The van der Waals surface area contributed by atoms with Crippen molar-refractivity contribution in [1.29, 1.82) is 0 Å². The van der Waals surface area contributed by atoms with Crippen molar-refractivity contribution in [3.63, 3.8) is 0 Å². The second-order valence-corrected chi connectivity index (χ2v) is 4.39. The molecule has 0 radical (unpaired) electrons. The predicted octanol–water partition coefficient (Wildman–Crippen LogP) is 1.55. The van der Waals surface area contributed by atoms with Gasteiger partial charge in [-0.05, 0) is 43.9 Å². The molecule has 1 saturated heterocycles. The van der Waals surface area contributed by atoms with Gasteiger partial charge in [-0.1, -0.05) is 0 Å². The summed E-state index contributed by atoms with van der Waals surface area (Å²) in [5.74, 6) is 1.27. The monoisotopic (exact) mass is 200 g/mol. The number of rotatable bonds is 5. The minimum Gasteiger partial charge on any atom is -0.396 e. The van der Waals surface area contributed by atoms with Gasteiger partial charge in [0.1, 0.15) is 0 Å². The first-order valence-corrected chi connectivity index (χ1v) is 5.74. The van der Waals surface area contributed by atoms with Gasteiger partial charge in [0.15, 0.2) is 6.29 Å². The average molecular weight is 200 g/mol. The Morgan fingerprint density at radius 2 is 2.21 bits per heavy atom. The Labute approximate surface area is 85.4 Å². The van der Waals surface area contributed by atoms with E-state index in [0.717, 1.165) is 26.1 Å². The molecule has 2 rings (SSSR count). The lowest BCUT2D eigenvalue weighted by atomic mass is 10.2. The van der Waals surface area contributed by atoms with Gasteiger partial charge in [-0.2, -0.15) is 0 Å². The van der Waals surface area contributed by atoms with Crippen molar-refractivity contribution < 1.29 is 14.6 Å². The Kier molecular flexibility index (Phi) is 3.79. The maximum atomic E-state index is 8.86. The number of hydrogen-bond donors (Lipinski definition) is 1. The van der Waals surface area contributed by atoms with Crippen molar-refractivity contribution in [3.8, 4) is 0 Å². The molecule has 2 fully saturated rings. The molecule has 3 nitrogen and oxygen atoms in total. The van der Waals surface area contributed by atoms with Gasteiger partial charge < -0.3 is 14.6 Å². The molecule has 0 aromatic rings. The molecule has 3 atom stereocenters. The maximum absolute atomic E-state index is 8.86. The Hall–Kier alpha value is -0.120. The second kappa shape index (κ2) is 5.10. The van der Waals surface area contributed by atoms with Crippen molar-refractivity contribution in [2.45, 2.75) is 38.4 Å². The molecule has 1 saturated carbocycles. The Morgan fingerprint density at radius 1 is 1.29 bits per heavy atom. The third-order valence-electron chi connectivity index (χ3n) is 3.23. The first-order valence-electron chi connectivity index (χ1n) is 5.74. The number of aliphatic hydroxyl groups excluding tert-OH is 1. The summed E-state index contributed by atoms with van der Waals surface area (Å²) >= 11 is 0. The average Bonchev–Trinajstić information content (AvgIpc) is 2.98. The Morgan fingerprint density at radius 3 is 2.86 bits per heavy atom. The Bertz CT molecular complexity index is 166. The highest BCUT2D eigenvalue weighted by Crippen LogP contribution is 2.40. The van der Waals surface area contributed by atoms with E-state index in [1.807, 2.05) is 0 Å². The quantitative estimate of drug-likeness (QED) is 0.731. The summed E-state index contributed by atoms with van der Waals surface area (Å²) in [5.41, 5.74) is 0. The van der Waals surface area contributed by atoms with E-state index in [0.29, 0.717) is 18.4 Å². The van der Waals surface area contributed by atoms with Gasteiger partial charge >= 0.3 is 0 Å². The van der Waals surface area contributed by atoms with Crippen molar-refractivity contribution in [2.24, 2.45) is 11.8 Å². The van der Waals surface area contributed by atoms with Gasteiger partial charge in [0.25, 0.3) is 0 Å². The molecule has 3 heteroatoms. The van der Waals surface area contributed by atoms with Crippen LogP contribution in [0.15, 0.2) is 0 Å². The lowest BCUT2D eigenvalue weighted by Crippen LogP contribution is -2.22. The molecule has 1 heterocycles. The SMILES string of the molecule is OC[C@H]1C[C@H]1CCOC1CCCCO1. The van der Waals surface area contributed by atoms with Gasteiger partial charge in [0, 0.05) is 13.2 Å². The molecule has 1 aliphatic heterocycles. The van der Waals surface area contributed by atoms with Crippen molar-refractivity contribution in [1.82, 2.24) is 0 Å². The van der Waals surface area contributed by atoms with E-state index in [-0.39, 0.29) is 6.29 Å². The molecule has 0 amide bonds. The molecule has 2 aliphatic rings. The predicted molar refractivity (Wildman–Crippen MR) is 52.8 cm³/mol. The highest BCUT2D eigenvalue weighted by molar-refractivity contribution is 4.85. The van der Waals surface area contributed by atoms with Crippen LogP contribution in [-0.2, 0) is 9.47 Å². The van der Waals surface area contributed by atoms with Gasteiger partial charge in [-0.15, -0.1) is 0 Å². The Balaban J connectivity index is 1.50. The third kappa shape index (κ3) is 2.94. The molecule has 1 unspecified atom stereocenters. The zero-order valence-electron chi connectivity index (χ0n) is 8.65. The van der Waals surface area contributed by atoms with Crippen LogP contribution in [0.2, 0.25) is 0 Å². The molecule has 82 valence electrons. The summed E-state index contributed by atoms with van der Waals surface area (Å²) in [5, 5.41) is 8.86. The van der Waals surface area contributed by atoms with Crippen molar-refractivity contribution in [3.05, 3.63) is 0 Å². The van der Waals surface area contributed by atoms with Crippen LogP contribution >= 0.6 is 0 Å². The van der Waals surface area contributed by atoms with E-state index in [2.05, 4.69) is 0 Å². The number of aliphatic hydroxyl groups is 1. The summed E-state index contributed by atoms with van der Waals surface area (Å²) in [6.07, 6.45) is 5.78. The highest BCUT2D eigenvalue weighted by Gasteiger charge is 2.35. The largest absolute Gasteiger partial charge is 0.396 e. The molecule has 0 bridgehead atoms. The molecule has 0 spiro atoms. The molecule has 0 aromatic heterocycles. The summed E-state index contributed by atoms with van der Waals surface area (Å²) in [7, 11) is 0. The molecule has 14 heavy (non-hydrogen) atoms. The maximum Gasteiger partial charge on any atom is 0.157 e. The van der Waals surface area contributed by atoms with E-state index in [9.17, 15) is 0 Å². The topological polar surface area (TPSA) is 38.7 Å². The van der Waals surface area contributed by atoms with Crippen LogP contribution in [0.5, 0.6) is 0 Å². The van der Waals surface area contributed by atoms with Gasteiger partial charge in [-0.3, -0.25) is 0 Å². The van der Waals surface area contributed by atoms with E-state index < -0.39 is 0 Å². The third-order valence-corrected chi connectivity index (χ3v) is 3.23. The number of hydrogen-bond acceptors (Lipinski definition) is 3. The standard InChI is InChI=1S/C11H20O3/c12-8-10-7-9(10)4-6-14-11-3-1-2-5-13-11/h9-12H,1-8H2/t9-,10-,11?/m1/s1. The van der Waals surface area contributed by atoms with Gasteiger partial charge in [0.2, 0.25) is 0 Å². The van der Waals surface area contributed by atoms with Crippen LogP contribution in [0.1, 0.15) is 32.1 Å². The molecule has 1 aliphatic carbocycles. The van der Waals surface area contributed by atoms with E-state index in [4.69, 9.17) is 14.6 Å². The normalized spacial score (nSPS) is 37.1. The van der Waals surface area contributed by atoms with Crippen LogP contribution in [0.25, 0.3) is 0 Å². The minimum absolute atomic E-state index is 0.0510. The van der Waals surface area contributed by atoms with Crippen LogP contribution in [0, 0.1) is 11.8 Å². The van der Waals surface area contributed by atoms with E-state index >= 15 is 0 Å². The molecular formula is C11H20O3. The summed E-state index contributed by atoms with van der Waals surface area (Å²) in [4.78, 5) is 0. The fourth-order valence-electron chi connectivity index (χ4n) is 2.08. The molecule has 1 N–H and O–H groups in total. The minimum atomic E-state index is 0.0510. The van der Waals surface area contributed by atoms with Crippen molar-refractivity contribution in [2.75, 3.05) is 19.8 Å². The fraction of sp³-hybridized carbons (Fsp3) is 1.00. The van der Waals surface area contributed by atoms with E-state index in [1.54, 1.807) is 0 Å². The van der Waals surface area contributed by atoms with Crippen LogP contribution in [0.4, 0.5) is 0 Å². The first-order chi connectivity index (χ1) is 6.90. The van der Waals surface area contributed by atoms with E-state index in [1.165, 1.54) is 19.3 Å². The van der Waals surface area contributed by atoms with Crippen molar-refractivity contribution >= 4 is 0 Å². The van der Waals surface area contributed by atoms with Gasteiger partial charge in [0.05, 0.1) is 6.61 Å². The van der Waals surface area contributed by atoms with Crippen LogP contribution in [0.3, 0.4) is 0 Å². The lowest BCUT2D eigenvalue weighted by Gasteiger charge is -2.22. The van der Waals surface area contributed by atoms with Gasteiger partial charge in [-0.25, -0.2) is 0 Å². The van der Waals surface area contributed by atoms with Crippen LogP contribution in [-0.4, -0.2) is 31.2 Å². The second-order valence-electron chi connectivity index (χ2n) is 4.39. The summed E-state index contributed by atoms with van der Waals surface area (Å²) in [6.45, 7) is 2.00. The molecule has 0 aromatic carbocycles. The number of ether oxygens (including phenoxy) is 2. The zero-order valence-corrected chi connectivity index (χ0v) is 8.65. The molecular weight excluding hydrogens is 180 g/mol. The highest BCUT2D eigenvalue weighted by atomic mass is 16.7. The lowest BCUT2D eigenvalue weighted by molar-refractivity contribution is -0.163. The fourth-order valence-corrected chi connectivity index (χ4v) is 2.08. The smallest absolute Gasteiger partial charge is 0.157 e.